The van der Waals surface area contributed by atoms with E-state index in [2.05, 4.69) is 15.7 Å². The smallest absolute Gasteiger partial charge is 0.269 e. The molecule has 10 nitrogen and oxygen atoms in total. The van der Waals surface area contributed by atoms with Gasteiger partial charge in [-0.15, -0.1) is 0 Å². The van der Waals surface area contributed by atoms with Crippen LogP contribution in [-0.2, 0) is 4.79 Å². The molecular formula is C24H25FN6O4. The molecule has 0 bridgehead atoms. The van der Waals surface area contributed by atoms with Gasteiger partial charge in [-0.3, -0.25) is 30.4 Å². The number of hydrogen-bond donors (Lipinski definition) is 4. The average molecular weight is 481 g/mol. The quantitative estimate of drug-likeness (QED) is 0.220. The number of carbonyl (C=O) groups is 2. The lowest BCUT2D eigenvalue weighted by molar-refractivity contribution is -0.133. The third-order valence-electron chi connectivity index (χ3n) is 5.11. The zero-order chi connectivity index (χ0) is 25.5. The zero-order valence-corrected chi connectivity index (χ0v) is 19.3. The summed E-state index contributed by atoms with van der Waals surface area (Å²) in [6, 6.07) is 10.6. The second-order valence-corrected chi connectivity index (χ2v) is 7.37. The Labute approximate surface area is 201 Å². The molecule has 0 aliphatic carbocycles. The van der Waals surface area contributed by atoms with Gasteiger partial charge >= 0.3 is 0 Å². The van der Waals surface area contributed by atoms with E-state index in [1.807, 2.05) is 0 Å². The highest BCUT2D eigenvalue weighted by Gasteiger charge is 2.29. The number of amides is 2. The fourth-order valence-electron chi connectivity index (χ4n) is 3.25. The molecule has 35 heavy (non-hydrogen) atoms. The molecule has 0 saturated heterocycles. The molecule has 0 spiro atoms. The number of halogens is 1. The summed E-state index contributed by atoms with van der Waals surface area (Å²) >= 11 is 0. The number of anilines is 1. The normalized spacial score (nSPS) is 11.2. The minimum absolute atomic E-state index is 0.0340. The third kappa shape index (κ3) is 5.82. The van der Waals surface area contributed by atoms with Crippen molar-refractivity contribution in [2.24, 2.45) is 5.73 Å². The molecule has 0 saturated carbocycles. The van der Waals surface area contributed by atoms with Crippen LogP contribution in [0.5, 0.6) is 11.5 Å². The van der Waals surface area contributed by atoms with E-state index in [0.29, 0.717) is 16.8 Å². The summed E-state index contributed by atoms with van der Waals surface area (Å²) in [5.41, 5.74) is 9.18. The molecule has 3 aromatic rings. The number of benzene rings is 2. The van der Waals surface area contributed by atoms with Crippen molar-refractivity contribution in [3.8, 4) is 11.5 Å². The molecule has 1 atom stereocenters. The van der Waals surface area contributed by atoms with Gasteiger partial charge in [0, 0.05) is 47.9 Å². The van der Waals surface area contributed by atoms with Crippen molar-refractivity contribution in [3.63, 3.8) is 0 Å². The van der Waals surface area contributed by atoms with Gasteiger partial charge in [0.2, 0.25) is 0 Å². The summed E-state index contributed by atoms with van der Waals surface area (Å²) < 4.78 is 25.6. The number of nitrogens with two attached hydrogens (primary N) is 1. The van der Waals surface area contributed by atoms with E-state index in [-0.39, 0.29) is 22.9 Å². The lowest BCUT2D eigenvalue weighted by Crippen LogP contribution is -2.47. The highest BCUT2D eigenvalue weighted by atomic mass is 19.1. The molecule has 5 N–H and O–H groups in total. The van der Waals surface area contributed by atoms with Gasteiger partial charge in [0.05, 0.1) is 14.2 Å². The van der Waals surface area contributed by atoms with Gasteiger partial charge in [-0.1, -0.05) is 0 Å². The van der Waals surface area contributed by atoms with Crippen molar-refractivity contribution in [3.05, 3.63) is 83.4 Å². The summed E-state index contributed by atoms with van der Waals surface area (Å²) in [5, 5.41) is 11.5. The number of nitrogen functional groups attached to an aromatic ring is 1. The fourth-order valence-corrected chi connectivity index (χ4v) is 3.25. The summed E-state index contributed by atoms with van der Waals surface area (Å²) in [6.07, 6.45) is 2.90. The highest BCUT2D eigenvalue weighted by molar-refractivity contribution is 5.97. The van der Waals surface area contributed by atoms with Crippen molar-refractivity contribution >= 4 is 23.3 Å². The van der Waals surface area contributed by atoms with Crippen LogP contribution in [0.15, 0.2) is 60.9 Å². The number of amidine groups is 1. The molecule has 3 rings (SSSR count). The Balaban J connectivity index is 1.96. The van der Waals surface area contributed by atoms with Gasteiger partial charge in [0.15, 0.2) is 11.5 Å². The van der Waals surface area contributed by atoms with Crippen LogP contribution >= 0.6 is 0 Å². The van der Waals surface area contributed by atoms with E-state index in [1.54, 1.807) is 24.3 Å². The van der Waals surface area contributed by atoms with Gasteiger partial charge in [-0.25, -0.2) is 4.39 Å². The summed E-state index contributed by atoms with van der Waals surface area (Å²) in [5.74, 6) is -1.66. The molecule has 0 aliphatic heterocycles. The first-order valence-electron chi connectivity index (χ1n) is 10.4. The number of nitrogens with one attached hydrogen (secondary N) is 3. The molecule has 1 unspecified atom stereocenters. The predicted molar refractivity (Wildman–Crippen MR) is 128 cm³/mol. The van der Waals surface area contributed by atoms with Crippen LogP contribution in [0.1, 0.15) is 27.5 Å². The number of likely N-dealkylation sites (N-methyl/N-ethyl adjacent to an activating group) is 1. The molecule has 182 valence electrons. The molecular weight excluding hydrogens is 455 g/mol. The maximum Gasteiger partial charge on any atom is 0.269 e. The van der Waals surface area contributed by atoms with Crippen LogP contribution in [0.2, 0.25) is 0 Å². The summed E-state index contributed by atoms with van der Waals surface area (Å²) in [4.78, 5) is 29.8. The first kappa shape index (κ1) is 25.0. The van der Waals surface area contributed by atoms with Crippen molar-refractivity contribution < 1.29 is 23.5 Å². The molecule has 0 fully saturated rings. The van der Waals surface area contributed by atoms with Crippen molar-refractivity contribution in [2.45, 2.75) is 6.04 Å². The minimum Gasteiger partial charge on any atom is -0.493 e. The lowest BCUT2D eigenvalue weighted by Gasteiger charge is -2.27. The molecule has 11 heteroatoms. The second kappa shape index (κ2) is 11.0. The largest absolute Gasteiger partial charge is 0.493 e. The first-order chi connectivity index (χ1) is 16.7. The maximum absolute atomic E-state index is 15.1. The summed E-state index contributed by atoms with van der Waals surface area (Å²) in [6.45, 7) is 0. The lowest BCUT2D eigenvalue weighted by atomic mass is 10.0. The Kier molecular flexibility index (Phi) is 7.82. The number of ether oxygens (including phenoxy) is 2. The van der Waals surface area contributed by atoms with Gasteiger partial charge in [0.25, 0.3) is 11.8 Å². The SMILES string of the molecule is COc1cc(F)c(C(Nc2ccc(C(=N)N)cc2)C(=O)N(C)NC(=O)c2ccncc2)cc1OC. The van der Waals surface area contributed by atoms with Crippen molar-refractivity contribution in [1.29, 1.82) is 5.41 Å². The molecule has 2 amide bonds. The van der Waals surface area contributed by atoms with Gasteiger partial charge < -0.3 is 20.5 Å². The molecule has 1 heterocycles. The number of pyridine rings is 1. The van der Waals surface area contributed by atoms with Crippen LogP contribution in [0.3, 0.4) is 0 Å². The highest BCUT2D eigenvalue weighted by Crippen LogP contribution is 2.34. The van der Waals surface area contributed by atoms with Crippen LogP contribution in [0, 0.1) is 11.2 Å². The number of nitrogens with zero attached hydrogens (tertiary/aromatic N) is 2. The van der Waals surface area contributed by atoms with Gasteiger partial charge in [-0.05, 0) is 42.5 Å². The number of hydrazine groups is 1. The predicted octanol–water partition coefficient (Wildman–Crippen LogP) is 2.48. The van der Waals surface area contributed by atoms with Crippen molar-refractivity contribution in [1.82, 2.24) is 15.4 Å². The van der Waals surface area contributed by atoms with Gasteiger partial charge in [-0.2, -0.15) is 0 Å². The number of methoxy groups -OCH3 is 2. The first-order valence-corrected chi connectivity index (χ1v) is 10.4. The molecule has 1 aromatic heterocycles. The maximum atomic E-state index is 15.1. The van der Waals surface area contributed by atoms with E-state index in [9.17, 15) is 9.59 Å². The monoisotopic (exact) mass is 480 g/mol. The Morgan fingerprint density at radius 2 is 1.63 bits per heavy atom. The molecule has 0 aliphatic rings. The van der Waals surface area contributed by atoms with Crippen LogP contribution in [0.25, 0.3) is 0 Å². The van der Waals surface area contributed by atoms with E-state index < -0.39 is 23.7 Å². The number of carbonyl (C=O) groups excluding carboxylic acids is 2. The Morgan fingerprint density at radius 1 is 1.03 bits per heavy atom. The van der Waals surface area contributed by atoms with Crippen LogP contribution in [-0.4, -0.2) is 48.9 Å². The Hall–Kier alpha value is -4.67. The number of rotatable bonds is 8. The van der Waals surface area contributed by atoms with E-state index in [4.69, 9.17) is 20.6 Å². The minimum atomic E-state index is -1.26. The number of hydrogen-bond acceptors (Lipinski definition) is 7. The van der Waals surface area contributed by atoms with E-state index in [1.165, 1.54) is 51.9 Å². The summed E-state index contributed by atoms with van der Waals surface area (Å²) in [7, 11) is 4.12. The molecule has 2 aromatic carbocycles. The average Bonchev–Trinajstić information content (AvgIpc) is 2.87. The van der Waals surface area contributed by atoms with Crippen LogP contribution in [0.4, 0.5) is 10.1 Å². The van der Waals surface area contributed by atoms with Gasteiger partial charge in [0.1, 0.15) is 17.7 Å². The fraction of sp³-hybridized carbons (Fsp3) is 0.167. The standard InChI is InChI=1S/C24H25FN6O4/c1-31(30-23(32)15-8-10-28-11-9-15)24(33)21(29-16-6-4-14(5-7-16)22(26)27)17-12-19(34-2)20(35-3)13-18(17)25/h4-13,21,29H,1-3H3,(H3,26,27)(H,30,32). The third-order valence-corrected chi connectivity index (χ3v) is 5.11. The zero-order valence-electron chi connectivity index (χ0n) is 19.3. The van der Waals surface area contributed by atoms with E-state index in [0.717, 1.165) is 11.1 Å². The second-order valence-electron chi connectivity index (χ2n) is 7.37. The topological polar surface area (TPSA) is 143 Å². The molecule has 0 radical (unpaired) electrons. The van der Waals surface area contributed by atoms with Crippen molar-refractivity contribution in [2.75, 3.05) is 26.6 Å². The number of aromatic nitrogens is 1. The Bertz CT molecular complexity index is 1220. The van der Waals surface area contributed by atoms with Crippen LogP contribution < -0.4 is 25.9 Å². The Morgan fingerprint density at radius 3 is 2.20 bits per heavy atom. The van der Waals surface area contributed by atoms with E-state index >= 15 is 4.39 Å².